The first-order valence-electron chi connectivity index (χ1n) is 4.34. The zero-order chi connectivity index (χ0) is 12.4. The van der Waals surface area contributed by atoms with Crippen molar-refractivity contribution in [2.75, 3.05) is 5.32 Å². The molecule has 0 unspecified atom stereocenters. The molecule has 0 aliphatic rings. The molecule has 1 aromatic carbocycles. The average Bonchev–Trinajstić information content (AvgIpc) is 2.21. The zero-order valence-electron chi connectivity index (χ0n) is 8.09. The molecule has 0 saturated heterocycles. The number of halogens is 4. The molecule has 4 nitrogen and oxygen atoms in total. The highest BCUT2D eigenvalue weighted by molar-refractivity contribution is 9.10. The largest absolute Gasteiger partial charge is 0.323 e. The summed E-state index contributed by atoms with van der Waals surface area (Å²) in [5, 5.41) is 2.79. The summed E-state index contributed by atoms with van der Waals surface area (Å²) in [6.45, 7) is 0. The van der Waals surface area contributed by atoms with Crippen LogP contribution >= 0.6 is 39.1 Å². The molecule has 0 radical (unpaired) electrons. The lowest BCUT2D eigenvalue weighted by Gasteiger charge is -2.06. The van der Waals surface area contributed by atoms with E-state index in [2.05, 4.69) is 36.2 Å². The third-order valence-electron chi connectivity index (χ3n) is 1.76. The van der Waals surface area contributed by atoms with Gasteiger partial charge in [0.25, 0.3) is 0 Å². The van der Waals surface area contributed by atoms with Crippen LogP contribution < -0.4 is 5.32 Å². The van der Waals surface area contributed by atoms with Crippen molar-refractivity contribution < 1.29 is 4.39 Å². The highest BCUT2D eigenvalue weighted by atomic mass is 79.9. The predicted octanol–water partition coefficient (Wildman–Crippen LogP) is 3.82. The second-order valence-electron chi connectivity index (χ2n) is 2.95. The number of benzene rings is 1. The molecule has 0 fully saturated rings. The van der Waals surface area contributed by atoms with Crippen LogP contribution in [0.25, 0.3) is 0 Å². The number of nitrogens with one attached hydrogen (secondary N) is 1. The van der Waals surface area contributed by atoms with Crippen molar-refractivity contribution in [3.8, 4) is 0 Å². The van der Waals surface area contributed by atoms with Crippen LogP contribution in [0.5, 0.6) is 0 Å². The zero-order valence-corrected chi connectivity index (χ0v) is 11.2. The summed E-state index contributed by atoms with van der Waals surface area (Å²) in [6, 6.07) is 4.15. The Hall–Kier alpha value is -0.980. The molecule has 88 valence electrons. The van der Waals surface area contributed by atoms with Crippen molar-refractivity contribution in [3.63, 3.8) is 0 Å². The molecular weight excluding hydrogens is 334 g/mol. The van der Waals surface area contributed by atoms with Crippen LogP contribution in [0.1, 0.15) is 0 Å². The molecule has 1 aromatic heterocycles. The molecule has 0 saturated carbocycles. The lowest BCUT2D eigenvalue weighted by Crippen LogP contribution is -2.00. The van der Waals surface area contributed by atoms with E-state index in [1.807, 2.05) is 0 Å². The van der Waals surface area contributed by atoms with Crippen LogP contribution in [0, 0.1) is 5.82 Å². The third kappa shape index (κ3) is 3.24. The topological polar surface area (TPSA) is 50.7 Å². The van der Waals surface area contributed by atoms with Gasteiger partial charge in [0, 0.05) is 4.47 Å². The van der Waals surface area contributed by atoms with Gasteiger partial charge in [-0.25, -0.2) is 4.39 Å². The van der Waals surface area contributed by atoms with Gasteiger partial charge in [-0.3, -0.25) is 0 Å². The van der Waals surface area contributed by atoms with Crippen molar-refractivity contribution in [1.82, 2.24) is 15.0 Å². The van der Waals surface area contributed by atoms with Crippen LogP contribution in [0.3, 0.4) is 0 Å². The number of nitrogens with zero attached hydrogens (tertiary/aromatic N) is 3. The fraction of sp³-hybridized carbons (Fsp3) is 0. The van der Waals surface area contributed by atoms with Gasteiger partial charge in [-0.2, -0.15) is 15.0 Å². The van der Waals surface area contributed by atoms with Gasteiger partial charge in [0.15, 0.2) is 0 Å². The van der Waals surface area contributed by atoms with Gasteiger partial charge in [-0.05, 0) is 57.3 Å². The van der Waals surface area contributed by atoms with E-state index in [-0.39, 0.29) is 22.3 Å². The second kappa shape index (κ2) is 5.12. The van der Waals surface area contributed by atoms with Crippen molar-refractivity contribution >= 4 is 50.8 Å². The summed E-state index contributed by atoms with van der Waals surface area (Å²) in [7, 11) is 0. The minimum absolute atomic E-state index is 0.0225. The summed E-state index contributed by atoms with van der Waals surface area (Å²) < 4.78 is 13.4. The Morgan fingerprint density at radius 3 is 2.35 bits per heavy atom. The van der Waals surface area contributed by atoms with E-state index in [0.29, 0.717) is 10.2 Å². The average molecular weight is 338 g/mol. The number of hydrogen-bond acceptors (Lipinski definition) is 4. The standard InChI is InChI=1S/C9H4BrCl2FN4/c10-5-3-4(13)1-2-6(5)14-9-16-7(11)15-8(12)17-9/h1-3H,(H,14,15,16,17). The van der Waals surface area contributed by atoms with Gasteiger partial charge in [0.1, 0.15) is 5.82 Å². The molecular formula is C9H4BrCl2FN4. The van der Waals surface area contributed by atoms with E-state index < -0.39 is 0 Å². The van der Waals surface area contributed by atoms with Gasteiger partial charge < -0.3 is 5.32 Å². The fourth-order valence-corrected chi connectivity index (χ4v) is 1.91. The Morgan fingerprint density at radius 1 is 1.12 bits per heavy atom. The monoisotopic (exact) mass is 336 g/mol. The number of rotatable bonds is 2. The summed E-state index contributed by atoms with van der Waals surface area (Å²) in [6.07, 6.45) is 0. The van der Waals surface area contributed by atoms with E-state index >= 15 is 0 Å². The van der Waals surface area contributed by atoms with Crippen LogP contribution in [0.15, 0.2) is 22.7 Å². The highest BCUT2D eigenvalue weighted by Gasteiger charge is 2.06. The first-order valence-corrected chi connectivity index (χ1v) is 5.88. The lowest BCUT2D eigenvalue weighted by atomic mass is 10.3. The van der Waals surface area contributed by atoms with Crippen molar-refractivity contribution in [2.24, 2.45) is 0 Å². The van der Waals surface area contributed by atoms with E-state index in [4.69, 9.17) is 23.2 Å². The summed E-state index contributed by atoms with van der Waals surface area (Å²) >= 11 is 14.4. The van der Waals surface area contributed by atoms with Crippen molar-refractivity contribution in [1.29, 1.82) is 0 Å². The SMILES string of the molecule is Fc1ccc(Nc2nc(Cl)nc(Cl)n2)c(Br)c1. The van der Waals surface area contributed by atoms with E-state index in [9.17, 15) is 4.39 Å². The van der Waals surface area contributed by atoms with Crippen LogP contribution in [-0.2, 0) is 0 Å². The quantitative estimate of drug-likeness (QED) is 0.905. The van der Waals surface area contributed by atoms with Gasteiger partial charge in [0.05, 0.1) is 5.69 Å². The summed E-state index contributed by atoms with van der Waals surface area (Å²) in [5.74, 6) is -0.170. The lowest BCUT2D eigenvalue weighted by molar-refractivity contribution is 0.627. The molecule has 17 heavy (non-hydrogen) atoms. The molecule has 2 aromatic rings. The van der Waals surface area contributed by atoms with Crippen molar-refractivity contribution in [3.05, 3.63) is 39.1 Å². The number of anilines is 2. The smallest absolute Gasteiger partial charge is 0.232 e. The molecule has 0 bridgehead atoms. The number of aromatic nitrogens is 3. The van der Waals surface area contributed by atoms with Gasteiger partial charge in [-0.15, -0.1) is 0 Å². The van der Waals surface area contributed by atoms with Crippen molar-refractivity contribution in [2.45, 2.75) is 0 Å². The van der Waals surface area contributed by atoms with Gasteiger partial charge >= 0.3 is 0 Å². The molecule has 1 heterocycles. The van der Waals surface area contributed by atoms with Crippen LogP contribution in [0.2, 0.25) is 10.6 Å². The number of hydrogen-bond donors (Lipinski definition) is 1. The summed E-state index contributed by atoms with van der Waals surface area (Å²) in [4.78, 5) is 11.3. The van der Waals surface area contributed by atoms with Gasteiger partial charge in [-0.1, -0.05) is 0 Å². The maximum absolute atomic E-state index is 12.9. The van der Waals surface area contributed by atoms with E-state index in [1.54, 1.807) is 0 Å². The fourth-order valence-electron chi connectivity index (χ4n) is 1.09. The molecule has 1 N–H and O–H groups in total. The first-order chi connectivity index (χ1) is 8.04. The Labute approximate surface area is 114 Å². The predicted molar refractivity (Wildman–Crippen MR) is 67.2 cm³/mol. The Bertz CT molecular complexity index is 546. The summed E-state index contributed by atoms with van der Waals surface area (Å²) in [5.41, 5.74) is 0.588. The maximum Gasteiger partial charge on any atom is 0.232 e. The molecule has 8 heteroatoms. The molecule has 2 rings (SSSR count). The van der Waals surface area contributed by atoms with E-state index in [0.717, 1.165) is 0 Å². The third-order valence-corrected chi connectivity index (χ3v) is 2.75. The first kappa shape index (κ1) is 12.5. The van der Waals surface area contributed by atoms with Gasteiger partial charge in [0.2, 0.25) is 16.5 Å². The molecule has 0 amide bonds. The highest BCUT2D eigenvalue weighted by Crippen LogP contribution is 2.25. The Balaban J connectivity index is 2.31. The normalized spacial score (nSPS) is 10.4. The minimum Gasteiger partial charge on any atom is -0.323 e. The molecule has 0 atom stereocenters. The Morgan fingerprint density at radius 2 is 1.76 bits per heavy atom. The van der Waals surface area contributed by atoms with Crippen LogP contribution in [0.4, 0.5) is 16.0 Å². The molecule has 0 aliphatic heterocycles. The Kier molecular flexibility index (Phi) is 3.76. The molecule has 0 spiro atoms. The van der Waals surface area contributed by atoms with E-state index in [1.165, 1.54) is 18.2 Å². The minimum atomic E-state index is -0.353. The molecule has 0 aliphatic carbocycles. The maximum atomic E-state index is 12.9. The van der Waals surface area contributed by atoms with Crippen LogP contribution in [-0.4, -0.2) is 15.0 Å². The second-order valence-corrected chi connectivity index (χ2v) is 4.48.